The summed E-state index contributed by atoms with van der Waals surface area (Å²) in [6.45, 7) is 15.0. The van der Waals surface area contributed by atoms with Crippen LogP contribution in [-0.2, 0) is 19.1 Å². The van der Waals surface area contributed by atoms with E-state index in [2.05, 4.69) is 58.4 Å². The first kappa shape index (κ1) is 47.5. The number of likely N-dealkylation sites (tertiary alicyclic amines) is 3. The predicted molar refractivity (Wildman–Crippen MR) is 249 cm³/mol. The molecule has 17 heteroatoms. The van der Waals surface area contributed by atoms with Crippen molar-refractivity contribution in [2.75, 3.05) is 27.3 Å². The monoisotopic (exact) mass is 926 g/mol. The Morgan fingerprint density at radius 3 is 1.61 bits per heavy atom. The Labute approximate surface area is 390 Å². The SMILES string of the molecule is COC(=O)N[C@H](C(=O)N1CCC[C@H]1c1nc2cc(C3CC[C@H](c4cc5[nH]c([C@@H]6CCCN6C(=O)[C@@H](NC(=O)OC)C(C)C)nc5cc4F)N3C3=CC=C(C(C)(C)C)CC3)c(F)cc2[nH]1)C(C)C. The van der Waals surface area contributed by atoms with E-state index in [1.54, 1.807) is 15.9 Å². The van der Waals surface area contributed by atoms with Gasteiger partial charge in [-0.05, 0) is 92.9 Å². The fraction of sp³-hybridized carbons (Fsp3) is 0.560. The minimum atomic E-state index is -0.791. The number of amides is 4. The van der Waals surface area contributed by atoms with Gasteiger partial charge in [-0.2, -0.15) is 0 Å². The molecule has 8 rings (SSSR count). The molecule has 0 saturated carbocycles. The zero-order chi connectivity index (χ0) is 48.1. The minimum absolute atomic E-state index is 0.0315. The lowest BCUT2D eigenvalue weighted by Crippen LogP contribution is -2.51. The number of fused-ring (bicyclic) bond motifs is 2. The van der Waals surface area contributed by atoms with Gasteiger partial charge in [-0.1, -0.05) is 60.1 Å². The first-order valence-electron chi connectivity index (χ1n) is 23.7. The van der Waals surface area contributed by atoms with Gasteiger partial charge in [-0.3, -0.25) is 9.59 Å². The van der Waals surface area contributed by atoms with E-state index in [1.165, 1.54) is 31.9 Å². The van der Waals surface area contributed by atoms with Crippen molar-refractivity contribution in [3.05, 3.63) is 82.1 Å². The van der Waals surface area contributed by atoms with Crippen LogP contribution in [0.1, 0.15) is 147 Å². The summed E-state index contributed by atoms with van der Waals surface area (Å²) in [6.07, 6.45) is 8.30. The molecule has 360 valence electrons. The minimum Gasteiger partial charge on any atom is -0.453 e. The van der Waals surface area contributed by atoms with Crippen LogP contribution in [0.5, 0.6) is 0 Å². The van der Waals surface area contributed by atoms with Gasteiger partial charge >= 0.3 is 12.2 Å². The molecule has 2 aromatic heterocycles. The van der Waals surface area contributed by atoms with Crippen molar-refractivity contribution in [3.8, 4) is 0 Å². The largest absolute Gasteiger partial charge is 0.453 e. The van der Waals surface area contributed by atoms with Crippen LogP contribution in [0, 0.1) is 28.9 Å². The van der Waals surface area contributed by atoms with Crippen LogP contribution in [0.25, 0.3) is 22.1 Å². The molecule has 2 aromatic carbocycles. The second kappa shape index (κ2) is 18.9. The van der Waals surface area contributed by atoms with E-state index in [0.29, 0.717) is 90.0 Å². The molecule has 3 aliphatic heterocycles. The van der Waals surface area contributed by atoms with Gasteiger partial charge in [0.05, 0.1) is 60.5 Å². The number of aromatic nitrogens is 4. The molecule has 1 unspecified atom stereocenters. The van der Waals surface area contributed by atoms with Crippen molar-refractivity contribution >= 4 is 46.1 Å². The molecule has 15 nitrogen and oxygen atoms in total. The number of ether oxygens (including phenoxy) is 2. The van der Waals surface area contributed by atoms with Gasteiger partial charge in [0.15, 0.2) is 0 Å². The number of benzene rings is 2. The van der Waals surface area contributed by atoms with E-state index < -0.39 is 60.1 Å². The number of imidazole rings is 2. The number of hydrogen-bond donors (Lipinski definition) is 4. The number of rotatable bonds is 11. The van der Waals surface area contributed by atoms with Crippen molar-refractivity contribution in [3.63, 3.8) is 0 Å². The molecule has 0 spiro atoms. The molecule has 1 aliphatic carbocycles. The maximum Gasteiger partial charge on any atom is 0.407 e. The zero-order valence-corrected chi connectivity index (χ0v) is 40.1. The smallest absolute Gasteiger partial charge is 0.407 e. The fourth-order valence-corrected chi connectivity index (χ4v) is 10.6. The Morgan fingerprint density at radius 1 is 0.672 bits per heavy atom. The van der Waals surface area contributed by atoms with E-state index in [9.17, 15) is 19.2 Å². The Bertz CT molecular complexity index is 2460. The molecule has 3 saturated heterocycles. The average molecular weight is 926 g/mol. The van der Waals surface area contributed by atoms with Crippen LogP contribution >= 0.6 is 0 Å². The van der Waals surface area contributed by atoms with E-state index in [1.807, 2.05) is 33.8 Å². The van der Waals surface area contributed by atoms with Gasteiger partial charge in [0.2, 0.25) is 11.8 Å². The summed E-state index contributed by atoms with van der Waals surface area (Å²) in [7, 11) is 2.52. The van der Waals surface area contributed by atoms with Crippen molar-refractivity contribution < 1.29 is 37.4 Å². The maximum absolute atomic E-state index is 16.7. The molecule has 4 amide bonds. The summed E-state index contributed by atoms with van der Waals surface area (Å²) < 4.78 is 43.1. The standard InChI is InChI=1S/C50H65F2N9O6/c1-26(2)42(57-48(64)66-8)46(62)59-20-10-12-40(59)44-53-34-22-30(32(51)24-36(34)55-44)38-18-19-39(61(38)29-16-14-28(15-17-29)50(5,6)7)31-23-35-37(25-33(31)52)56-45(54-35)41-13-11-21-60(41)47(63)43(27(3)4)58-49(65)67-9/h14,16,22-27,38-43H,10-13,15,17-21H2,1-9H3,(H,53,55)(H,54,56)(H,57,64)(H,58,65)/t38-,39?,40+,41+,42+,43+/m1/s1. The molecule has 5 heterocycles. The maximum atomic E-state index is 16.7. The number of alkyl carbamates (subject to hydrolysis) is 2. The summed E-state index contributed by atoms with van der Waals surface area (Å²) in [5.41, 5.74) is 5.33. The van der Waals surface area contributed by atoms with Crippen LogP contribution in [0.2, 0.25) is 0 Å². The Morgan fingerprint density at radius 2 is 1.15 bits per heavy atom. The van der Waals surface area contributed by atoms with E-state index in [-0.39, 0.29) is 29.1 Å². The quantitative estimate of drug-likeness (QED) is 0.114. The molecule has 3 fully saturated rings. The highest BCUT2D eigenvalue weighted by atomic mass is 19.1. The van der Waals surface area contributed by atoms with Gasteiger partial charge in [-0.15, -0.1) is 0 Å². The van der Waals surface area contributed by atoms with Crippen molar-refractivity contribution in [2.45, 2.75) is 136 Å². The highest BCUT2D eigenvalue weighted by Gasteiger charge is 2.42. The molecule has 4 aliphatic rings. The first-order valence-corrected chi connectivity index (χ1v) is 23.7. The Hall–Kier alpha value is -6.00. The molecule has 67 heavy (non-hydrogen) atoms. The molecular formula is C50H65F2N9O6. The first-order chi connectivity index (χ1) is 31.9. The number of nitrogens with zero attached hydrogens (tertiary/aromatic N) is 5. The number of allylic oxidation sites excluding steroid dienone is 4. The molecule has 0 radical (unpaired) electrons. The number of aromatic amines is 2. The molecule has 6 atom stereocenters. The summed E-state index contributed by atoms with van der Waals surface area (Å²) >= 11 is 0. The van der Waals surface area contributed by atoms with Crippen LogP contribution in [0.3, 0.4) is 0 Å². The number of carbonyl (C=O) groups excluding carboxylic acids is 4. The summed E-state index contributed by atoms with van der Waals surface area (Å²) in [5, 5.41) is 5.37. The molecule has 0 bridgehead atoms. The summed E-state index contributed by atoms with van der Waals surface area (Å²) in [6, 6.07) is 3.28. The molecule has 4 aromatic rings. The second-order valence-electron chi connectivity index (χ2n) is 20.2. The Kier molecular flexibility index (Phi) is 13.4. The van der Waals surface area contributed by atoms with Crippen LogP contribution in [-0.4, -0.2) is 98.0 Å². The van der Waals surface area contributed by atoms with E-state index >= 15 is 8.78 Å². The number of carbonyl (C=O) groups is 4. The highest BCUT2D eigenvalue weighted by Crippen LogP contribution is 2.51. The number of hydrogen-bond acceptors (Lipinski definition) is 9. The normalized spacial score (nSPS) is 22.1. The topological polar surface area (TPSA) is 178 Å². The van der Waals surface area contributed by atoms with Crippen molar-refractivity contribution in [1.29, 1.82) is 0 Å². The third-order valence-corrected chi connectivity index (χ3v) is 14.2. The van der Waals surface area contributed by atoms with Crippen LogP contribution in [0.15, 0.2) is 47.7 Å². The van der Waals surface area contributed by atoms with Crippen LogP contribution < -0.4 is 10.6 Å². The van der Waals surface area contributed by atoms with E-state index in [0.717, 1.165) is 25.0 Å². The fourth-order valence-electron chi connectivity index (χ4n) is 10.6. The van der Waals surface area contributed by atoms with Crippen LogP contribution in [0.4, 0.5) is 18.4 Å². The van der Waals surface area contributed by atoms with Gasteiger partial charge in [0, 0.05) is 36.0 Å². The highest BCUT2D eigenvalue weighted by molar-refractivity contribution is 5.87. The second-order valence-corrected chi connectivity index (χ2v) is 20.2. The third-order valence-electron chi connectivity index (χ3n) is 14.2. The lowest BCUT2D eigenvalue weighted by atomic mass is 9.81. The third kappa shape index (κ3) is 9.34. The van der Waals surface area contributed by atoms with Gasteiger partial charge in [0.25, 0.3) is 0 Å². The summed E-state index contributed by atoms with van der Waals surface area (Å²) in [5.74, 6) is -0.585. The molecule has 4 N–H and O–H groups in total. The number of halogens is 2. The van der Waals surface area contributed by atoms with Gasteiger partial charge in [0.1, 0.15) is 35.4 Å². The van der Waals surface area contributed by atoms with E-state index in [4.69, 9.17) is 19.4 Å². The average Bonchev–Trinajstić information content (AvgIpc) is 4.15. The van der Waals surface area contributed by atoms with Gasteiger partial charge < -0.3 is 44.8 Å². The number of H-pyrrole nitrogens is 2. The number of methoxy groups -OCH3 is 2. The summed E-state index contributed by atoms with van der Waals surface area (Å²) in [4.78, 5) is 74.3. The van der Waals surface area contributed by atoms with Crippen molar-refractivity contribution in [1.82, 2.24) is 45.3 Å². The zero-order valence-electron chi connectivity index (χ0n) is 40.1. The predicted octanol–water partition coefficient (Wildman–Crippen LogP) is 9.33. The molecular weight excluding hydrogens is 861 g/mol. The van der Waals surface area contributed by atoms with Gasteiger partial charge in [-0.25, -0.2) is 28.3 Å². The lowest BCUT2D eigenvalue weighted by molar-refractivity contribution is -0.136. The number of nitrogens with one attached hydrogen (secondary N) is 4. The Balaban J connectivity index is 1.12. The lowest BCUT2D eigenvalue weighted by Gasteiger charge is -2.37. The van der Waals surface area contributed by atoms with Crippen molar-refractivity contribution in [2.24, 2.45) is 17.3 Å².